The molecule has 0 bridgehead atoms. The second-order valence-electron chi connectivity index (χ2n) is 4.64. The van der Waals surface area contributed by atoms with Gasteiger partial charge in [-0.2, -0.15) is 0 Å². The molecule has 3 heteroatoms. The maximum atomic E-state index is 6.07. The highest BCUT2D eigenvalue weighted by Gasteiger charge is 2.55. The molecule has 1 N–H and O–H groups in total. The van der Waals surface area contributed by atoms with Gasteiger partial charge in [0.05, 0.1) is 10.0 Å². The summed E-state index contributed by atoms with van der Waals surface area (Å²) in [6.07, 6.45) is 2.54. The summed E-state index contributed by atoms with van der Waals surface area (Å²) in [6.45, 7) is 2.27. The Morgan fingerprint density at radius 1 is 1.27 bits per heavy atom. The first kappa shape index (κ1) is 9.95. The van der Waals surface area contributed by atoms with E-state index < -0.39 is 0 Å². The predicted molar refractivity (Wildman–Crippen MR) is 63.7 cm³/mol. The summed E-state index contributed by atoms with van der Waals surface area (Å²) in [7, 11) is 0. The second kappa shape index (κ2) is 3.38. The van der Waals surface area contributed by atoms with Crippen LogP contribution in [0.3, 0.4) is 0 Å². The molecule has 1 heterocycles. The minimum Gasteiger partial charge on any atom is -0.316 e. The van der Waals surface area contributed by atoms with E-state index in [4.69, 9.17) is 23.2 Å². The standard InChI is InChI=1S/C12H13Cl2N/c13-10-2-1-8(5-11(10)14)12-3-4-15-7-9(12)6-12/h1-2,5,9,15H,3-4,6-7H2/t9-,12?/m0/s1. The van der Waals surface area contributed by atoms with E-state index >= 15 is 0 Å². The van der Waals surface area contributed by atoms with Crippen LogP contribution in [0.5, 0.6) is 0 Å². The topological polar surface area (TPSA) is 12.0 Å². The third kappa shape index (κ3) is 1.49. The number of hydrogen-bond acceptors (Lipinski definition) is 1. The fraction of sp³-hybridized carbons (Fsp3) is 0.500. The normalized spacial score (nSPS) is 33.6. The molecule has 2 aliphatic rings. The molecule has 15 heavy (non-hydrogen) atoms. The summed E-state index contributed by atoms with van der Waals surface area (Å²) in [4.78, 5) is 0. The molecule has 0 amide bonds. The lowest BCUT2D eigenvalue weighted by Gasteiger charge is -2.23. The Balaban J connectivity index is 1.96. The molecular formula is C12H13Cl2N. The van der Waals surface area contributed by atoms with Crippen molar-refractivity contribution >= 4 is 23.2 Å². The lowest BCUT2D eigenvalue weighted by atomic mass is 9.88. The SMILES string of the molecule is Clc1ccc(C23CCNC[C@@H]2C3)cc1Cl. The number of benzene rings is 1. The smallest absolute Gasteiger partial charge is 0.0595 e. The summed E-state index contributed by atoms with van der Waals surface area (Å²) in [5, 5.41) is 4.78. The quantitative estimate of drug-likeness (QED) is 0.797. The Morgan fingerprint density at radius 2 is 2.13 bits per heavy atom. The molecule has 0 radical (unpaired) electrons. The third-order valence-electron chi connectivity index (χ3n) is 3.87. The monoisotopic (exact) mass is 241 g/mol. The summed E-state index contributed by atoms with van der Waals surface area (Å²) >= 11 is 12.0. The molecule has 2 fully saturated rings. The van der Waals surface area contributed by atoms with Crippen LogP contribution in [0.4, 0.5) is 0 Å². The van der Waals surface area contributed by atoms with Crippen LogP contribution >= 0.6 is 23.2 Å². The van der Waals surface area contributed by atoms with Gasteiger partial charge >= 0.3 is 0 Å². The summed E-state index contributed by atoms with van der Waals surface area (Å²) < 4.78 is 0. The number of rotatable bonds is 1. The van der Waals surface area contributed by atoms with Gasteiger partial charge in [0.15, 0.2) is 0 Å². The van der Waals surface area contributed by atoms with Crippen LogP contribution in [0.2, 0.25) is 10.0 Å². The number of piperidine rings is 1. The van der Waals surface area contributed by atoms with Crippen LogP contribution in [0.25, 0.3) is 0 Å². The van der Waals surface area contributed by atoms with Gasteiger partial charge in [-0.1, -0.05) is 29.3 Å². The number of nitrogens with one attached hydrogen (secondary N) is 1. The average Bonchev–Trinajstić information content (AvgIpc) is 2.97. The van der Waals surface area contributed by atoms with Crippen molar-refractivity contribution < 1.29 is 0 Å². The maximum Gasteiger partial charge on any atom is 0.0595 e. The van der Waals surface area contributed by atoms with Gasteiger partial charge in [0.2, 0.25) is 0 Å². The van der Waals surface area contributed by atoms with Crippen LogP contribution in [-0.4, -0.2) is 13.1 Å². The van der Waals surface area contributed by atoms with Crippen LogP contribution in [-0.2, 0) is 5.41 Å². The zero-order chi connectivity index (χ0) is 10.5. The van der Waals surface area contributed by atoms with E-state index in [9.17, 15) is 0 Å². The largest absolute Gasteiger partial charge is 0.316 e. The molecule has 1 aliphatic carbocycles. The second-order valence-corrected chi connectivity index (χ2v) is 5.45. The Labute approximate surface area is 99.8 Å². The van der Waals surface area contributed by atoms with Crippen LogP contribution in [0.15, 0.2) is 18.2 Å². The van der Waals surface area contributed by atoms with Crippen molar-refractivity contribution in [3.63, 3.8) is 0 Å². The average molecular weight is 242 g/mol. The first-order valence-electron chi connectivity index (χ1n) is 5.39. The van der Waals surface area contributed by atoms with E-state index in [1.807, 2.05) is 6.07 Å². The molecule has 1 saturated carbocycles. The summed E-state index contributed by atoms with van der Waals surface area (Å²) in [6, 6.07) is 6.11. The first-order chi connectivity index (χ1) is 7.22. The van der Waals surface area contributed by atoms with E-state index in [-0.39, 0.29) is 0 Å². The lowest BCUT2D eigenvalue weighted by molar-refractivity contribution is 0.445. The molecule has 1 aromatic carbocycles. The van der Waals surface area contributed by atoms with Crippen LogP contribution in [0, 0.1) is 5.92 Å². The number of fused-ring (bicyclic) bond motifs is 1. The fourth-order valence-corrected chi connectivity index (χ4v) is 3.14. The highest BCUT2D eigenvalue weighted by atomic mass is 35.5. The molecule has 0 spiro atoms. The highest BCUT2D eigenvalue weighted by molar-refractivity contribution is 6.42. The molecule has 1 unspecified atom stereocenters. The van der Waals surface area contributed by atoms with Crippen molar-refractivity contribution in [3.8, 4) is 0 Å². The maximum absolute atomic E-state index is 6.07. The molecule has 1 saturated heterocycles. The van der Waals surface area contributed by atoms with Gasteiger partial charge in [-0.15, -0.1) is 0 Å². The van der Waals surface area contributed by atoms with Crippen molar-refractivity contribution in [1.29, 1.82) is 0 Å². The zero-order valence-corrected chi connectivity index (χ0v) is 9.91. The van der Waals surface area contributed by atoms with E-state index in [0.717, 1.165) is 19.0 Å². The van der Waals surface area contributed by atoms with Crippen molar-refractivity contribution in [1.82, 2.24) is 5.32 Å². The van der Waals surface area contributed by atoms with E-state index in [2.05, 4.69) is 17.4 Å². The van der Waals surface area contributed by atoms with Gasteiger partial charge in [-0.05, 0) is 49.5 Å². The summed E-state index contributed by atoms with van der Waals surface area (Å²) in [5.41, 5.74) is 1.79. The van der Waals surface area contributed by atoms with Gasteiger partial charge < -0.3 is 5.32 Å². The molecule has 1 aromatic rings. The Bertz CT molecular complexity index is 405. The van der Waals surface area contributed by atoms with E-state index in [0.29, 0.717) is 15.5 Å². The molecule has 3 rings (SSSR count). The van der Waals surface area contributed by atoms with E-state index in [1.165, 1.54) is 18.4 Å². The lowest BCUT2D eigenvalue weighted by Crippen LogP contribution is -2.31. The minimum absolute atomic E-state index is 0.416. The number of hydrogen-bond donors (Lipinski definition) is 1. The van der Waals surface area contributed by atoms with Gasteiger partial charge in [0.1, 0.15) is 0 Å². The Morgan fingerprint density at radius 3 is 2.87 bits per heavy atom. The van der Waals surface area contributed by atoms with Crippen molar-refractivity contribution in [2.24, 2.45) is 5.92 Å². The van der Waals surface area contributed by atoms with Gasteiger partial charge in [0, 0.05) is 5.41 Å². The first-order valence-corrected chi connectivity index (χ1v) is 6.14. The third-order valence-corrected chi connectivity index (χ3v) is 4.60. The van der Waals surface area contributed by atoms with Crippen molar-refractivity contribution in [2.75, 3.05) is 13.1 Å². The molecule has 80 valence electrons. The van der Waals surface area contributed by atoms with E-state index in [1.54, 1.807) is 0 Å². The summed E-state index contributed by atoms with van der Waals surface area (Å²) in [5.74, 6) is 0.809. The van der Waals surface area contributed by atoms with Crippen LogP contribution in [0.1, 0.15) is 18.4 Å². The molecule has 2 atom stereocenters. The predicted octanol–water partition coefficient (Wildman–Crippen LogP) is 3.24. The number of halogens is 2. The minimum atomic E-state index is 0.416. The highest BCUT2D eigenvalue weighted by Crippen LogP contribution is 2.58. The fourth-order valence-electron chi connectivity index (χ4n) is 2.85. The van der Waals surface area contributed by atoms with Gasteiger partial charge in [-0.3, -0.25) is 0 Å². The Kier molecular flexibility index (Phi) is 2.24. The molecule has 1 nitrogen and oxygen atoms in total. The molecule has 1 aliphatic heterocycles. The zero-order valence-electron chi connectivity index (χ0n) is 8.39. The van der Waals surface area contributed by atoms with Crippen molar-refractivity contribution in [3.05, 3.63) is 33.8 Å². The molecular weight excluding hydrogens is 229 g/mol. The Hall–Kier alpha value is -0.240. The van der Waals surface area contributed by atoms with Crippen LogP contribution < -0.4 is 5.32 Å². The van der Waals surface area contributed by atoms with Crippen molar-refractivity contribution in [2.45, 2.75) is 18.3 Å². The molecule has 0 aromatic heterocycles. The van der Waals surface area contributed by atoms with Gasteiger partial charge in [0.25, 0.3) is 0 Å². The van der Waals surface area contributed by atoms with Gasteiger partial charge in [-0.25, -0.2) is 0 Å².